The number of fused-ring (bicyclic) bond motifs is 1. The fourth-order valence-corrected chi connectivity index (χ4v) is 2.13. The van der Waals surface area contributed by atoms with Crippen LogP contribution < -0.4 is 10.6 Å². The van der Waals surface area contributed by atoms with E-state index in [1.807, 2.05) is 24.3 Å². The number of hydrogen-bond acceptors (Lipinski definition) is 3. The molecule has 0 radical (unpaired) electrons. The van der Waals surface area contributed by atoms with Gasteiger partial charge in [-0.2, -0.15) is 0 Å². The Hall–Kier alpha value is -2.69. The van der Waals surface area contributed by atoms with Crippen molar-refractivity contribution < 1.29 is 9.59 Å². The zero-order valence-electron chi connectivity index (χ0n) is 10.7. The zero-order valence-corrected chi connectivity index (χ0v) is 10.7. The third-order valence-electron chi connectivity index (χ3n) is 3.15. The topological polar surface area (TPSA) is 71.1 Å². The summed E-state index contributed by atoms with van der Waals surface area (Å²) >= 11 is 0. The fraction of sp³-hybridized carbons (Fsp3) is 0.133. The van der Waals surface area contributed by atoms with Crippen molar-refractivity contribution >= 4 is 17.5 Å². The Morgan fingerprint density at radius 2 is 2.20 bits per heavy atom. The summed E-state index contributed by atoms with van der Waals surface area (Å²) in [5.41, 5.74) is 2.98. The molecule has 2 aromatic rings. The minimum Gasteiger partial charge on any atom is -0.346 e. The van der Waals surface area contributed by atoms with Gasteiger partial charge in [-0.05, 0) is 29.8 Å². The molecular weight excluding hydrogens is 254 g/mol. The molecule has 0 fully saturated rings. The molecule has 3 rings (SSSR count). The van der Waals surface area contributed by atoms with E-state index in [2.05, 4.69) is 15.6 Å². The highest BCUT2D eigenvalue weighted by molar-refractivity contribution is 6.02. The van der Waals surface area contributed by atoms with Crippen molar-refractivity contribution in [2.24, 2.45) is 0 Å². The summed E-state index contributed by atoms with van der Waals surface area (Å²) in [6.45, 7) is 0.378. The average molecular weight is 267 g/mol. The summed E-state index contributed by atoms with van der Waals surface area (Å²) in [7, 11) is 0. The van der Waals surface area contributed by atoms with Crippen molar-refractivity contribution in [1.82, 2.24) is 10.3 Å². The molecule has 1 aromatic carbocycles. The van der Waals surface area contributed by atoms with Gasteiger partial charge in [0.05, 0.1) is 18.7 Å². The minimum atomic E-state index is -0.181. The van der Waals surface area contributed by atoms with Crippen molar-refractivity contribution in [2.75, 3.05) is 5.32 Å². The summed E-state index contributed by atoms with van der Waals surface area (Å²) < 4.78 is 0. The molecule has 0 saturated heterocycles. The second kappa shape index (κ2) is 5.13. The highest BCUT2D eigenvalue weighted by Crippen LogP contribution is 2.23. The van der Waals surface area contributed by atoms with E-state index in [1.54, 1.807) is 18.3 Å². The van der Waals surface area contributed by atoms with Gasteiger partial charge in [0.15, 0.2) is 0 Å². The first-order valence-corrected chi connectivity index (χ1v) is 6.33. The largest absolute Gasteiger partial charge is 0.346 e. The first-order chi connectivity index (χ1) is 9.72. The maximum atomic E-state index is 12.0. The van der Waals surface area contributed by atoms with Gasteiger partial charge in [0.25, 0.3) is 5.91 Å². The molecule has 0 spiro atoms. The van der Waals surface area contributed by atoms with E-state index in [-0.39, 0.29) is 11.8 Å². The molecule has 0 aliphatic carbocycles. The Labute approximate surface area is 116 Å². The normalized spacial score (nSPS) is 12.7. The van der Waals surface area contributed by atoms with E-state index in [0.717, 1.165) is 16.9 Å². The second-order valence-electron chi connectivity index (χ2n) is 4.60. The molecule has 2 N–H and O–H groups in total. The van der Waals surface area contributed by atoms with E-state index in [0.29, 0.717) is 18.5 Å². The number of carbonyl (C=O) groups is 2. The maximum absolute atomic E-state index is 12.0. The van der Waals surface area contributed by atoms with E-state index in [9.17, 15) is 9.59 Å². The van der Waals surface area contributed by atoms with Gasteiger partial charge in [-0.3, -0.25) is 14.6 Å². The molecule has 2 heterocycles. The van der Waals surface area contributed by atoms with Crippen LogP contribution in [0.15, 0.2) is 42.6 Å². The maximum Gasteiger partial charge on any atom is 0.251 e. The highest BCUT2D eigenvalue weighted by Gasteiger charge is 2.18. The van der Waals surface area contributed by atoms with Crippen LogP contribution in [0.2, 0.25) is 0 Å². The summed E-state index contributed by atoms with van der Waals surface area (Å²) in [5.74, 6) is -0.217. The van der Waals surface area contributed by atoms with Crippen LogP contribution in [-0.4, -0.2) is 16.8 Å². The van der Waals surface area contributed by atoms with Crippen LogP contribution in [0.3, 0.4) is 0 Å². The second-order valence-corrected chi connectivity index (χ2v) is 4.60. The third kappa shape index (κ3) is 2.51. The van der Waals surface area contributed by atoms with Crippen LogP contribution in [0, 0.1) is 0 Å². The van der Waals surface area contributed by atoms with Gasteiger partial charge in [-0.15, -0.1) is 0 Å². The number of carbonyl (C=O) groups excluding carboxylic acids is 2. The van der Waals surface area contributed by atoms with Crippen molar-refractivity contribution in [1.29, 1.82) is 0 Å². The standard InChI is InChI=1S/C15H13N3O2/c19-14-8-10-4-5-11(7-13(10)18-14)15(20)17-9-12-3-1-2-6-16-12/h1-7H,8-9H2,(H,17,20)(H,18,19). The predicted molar refractivity (Wildman–Crippen MR) is 74.2 cm³/mol. The SMILES string of the molecule is O=C1Cc2ccc(C(=O)NCc3ccccn3)cc2N1. The van der Waals surface area contributed by atoms with Crippen LogP contribution >= 0.6 is 0 Å². The van der Waals surface area contributed by atoms with E-state index < -0.39 is 0 Å². The van der Waals surface area contributed by atoms with Crippen LogP contribution in [0.1, 0.15) is 21.6 Å². The molecule has 0 atom stereocenters. The number of anilines is 1. The Morgan fingerprint density at radius 1 is 1.30 bits per heavy atom. The Balaban J connectivity index is 1.69. The molecule has 5 heteroatoms. The van der Waals surface area contributed by atoms with Gasteiger partial charge in [0, 0.05) is 17.4 Å². The first-order valence-electron chi connectivity index (χ1n) is 6.33. The molecule has 0 unspecified atom stereocenters. The minimum absolute atomic E-state index is 0.0361. The number of hydrogen-bond donors (Lipinski definition) is 2. The molecule has 0 bridgehead atoms. The van der Waals surface area contributed by atoms with E-state index in [4.69, 9.17) is 0 Å². The Bertz CT molecular complexity index is 668. The molecule has 2 amide bonds. The molecule has 5 nitrogen and oxygen atoms in total. The molecule has 1 aliphatic rings. The lowest BCUT2D eigenvalue weighted by Crippen LogP contribution is -2.23. The van der Waals surface area contributed by atoms with Crippen molar-refractivity contribution in [2.45, 2.75) is 13.0 Å². The third-order valence-corrected chi connectivity index (χ3v) is 3.15. The number of benzene rings is 1. The smallest absolute Gasteiger partial charge is 0.251 e. The molecule has 1 aliphatic heterocycles. The fourth-order valence-electron chi connectivity index (χ4n) is 2.13. The number of pyridine rings is 1. The Kier molecular flexibility index (Phi) is 3.16. The highest BCUT2D eigenvalue weighted by atomic mass is 16.2. The number of nitrogens with zero attached hydrogens (tertiary/aromatic N) is 1. The average Bonchev–Trinajstić information content (AvgIpc) is 2.85. The van der Waals surface area contributed by atoms with Gasteiger partial charge < -0.3 is 10.6 Å². The molecule has 100 valence electrons. The molecule has 20 heavy (non-hydrogen) atoms. The zero-order chi connectivity index (χ0) is 13.9. The number of nitrogens with one attached hydrogen (secondary N) is 2. The Morgan fingerprint density at radius 3 is 3.00 bits per heavy atom. The van der Waals surface area contributed by atoms with E-state index in [1.165, 1.54) is 0 Å². The van der Waals surface area contributed by atoms with Crippen molar-refractivity contribution in [3.63, 3.8) is 0 Å². The quantitative estimate of drug-likeness (QED) is 0.885. The van der Waals surface area contributed by atoms with Gasteiger partial charge >= 0.3 is 0 Å². The van der Waals surface area contributed by atoms with Gasteiger partial charge in [0.2, 0.25) is 5.91 Å². The van der Waals surface area contributed by atoms with Crippen molar-refractivity contribution in [3.05, 3.63) is 59.4 Å². The number of amides is 2. The summed E-state index contributed by atoms with van der Waals surface area (Å²) in [5, 5.41) is 5.54. The summed E-state index contributed by atoms with van der Waals surface area (Å²) in [6, 6.07) is 10.8. The summed E-state index contributed by atoms with van der Waals surface area (Å²) in [4.78, 5) is 27.5. The van der Waals surface area contributed by atoms with Gasteiger partial charge in [-0.25, -0.2) is 0 Å². The first kappa shape index (κ1) is 12.3. The lowest BCUT2D eigenvalue weighted by Gasteiger charge is -2.06. The van der Waals surface area contributed by atoms with Gasteiger partial charge in [-0.1, -0.05) is 12.1 Å². The van der Waals surface area contributed by atoms with E-state index >= 15 is 0 Å². The molecule has 0 saturated carbocycles. The molecular formula is C15H13N3O2. The predicted octanol–water partition coefficient (Wildman–Crippen LogP) is 1.51. The molecule has 1 aromatic heterocycles. The monoisotopic (exact) mass is 267 g/mol. The van der Waals surface area contributed by atoms with Crippen LogP contribution in [0.25, 0.3) is 0 Å². The van der Waals surface area contributed by atoms with Crippen LogP contribution in [0.5, 0.6) is 0 Å². The summed E-state index contributed by atoms with van der Waals surface area (Å²) in [6.07, 6.45) is 2.07. The lowest BCUT2D eigenvalue weighted by molar-refractivity contribution is -0.115. The van der Waals surface area contributed by atoms with Crippen molar-refractivity contribution in [3.8, 4) is 0 Å². The van der Waals surface area contributed by atoms with Gasteiger partial charge in [0.1, 0.15) is 0 Å². The lowest BCUT2D eigenvalue weighted by atomic mass is 10.1. The van der Waals surface area contributed by atoms with Crippen LogP contribution in [0.4, 0.5) is 5.69 Å². The van der Waals surface area contributed by atoms with Crippen LogP contribution in [-0.2, 0) is 17.8 Å². The number of rotatable bonds is 3. The number of aromatic nitrogens is 1.